The molecule has 1 nitrogen and oxygen atoms in total. The Labute approximate surface area is 118 Å². The van der Waals surface area contributed by atoms with E-state index in [0.717, 1.165) is 4.47 Å². The van der Waals surface area contributed by atoms with Gasteiger partial charge in [0.25, 0.3) is 0 Å². The zero-order valence-corrected chi connectivity index (χ0v) is 11.8. The first-order valence-electron chi connectivity index (χ1n) is 5.25. The minimum absolute atomic E-state index is 0.128. The van der Waals surface area contributed by atoms with Crippen LogP contribution in [0.15, 0.2) is 40.9 Å². The summed E-state index contributed by atoms with van der Waals surface area (Å²) in [6, 6.07) is 9.64. The SMILES string of the molecule is Cc1cc(C(=O)c2cccc(Br)c2)c(Cl)cc1F. The van der Waals surface area contributed by atoms with Gasteiger partial charge in [-0.2, -0.15) is 0 Å². The smallest absolute Gasteiger partial charge is 0.194 e. The molecule has 2 aromatic rings. The lowest BCUT2D eigenvalue weighted by Gasteiger charge is -2.06. The molecule has 0 aliphatic heterocycles. The van der Waals surface area contributed by atoms with Crippen molar-refractivity contribution in [1.29, 1.82) is 0 Å². The van der Waals surface area contributed by atoms with E-state index in [1.165, 1.54) is 12.1 Å². The number of aryl methyl sites for hydroxylation is 1. The largest absolute Gasteiger partial charge is 0.289 e. The van der Waals surface area contributed by atoms with Crippen LogP contribution >= 0.6 is 27.5 Å². The van der Waals surface area contributed by atoms with Crippen molar-refractivity contribution in [3.8, 4) is 0 Å². The molecule has 0 heterocycles. The number of benzene rings is 2. The van der Waals surface area contributed by atoms with Crippen LogP contribution in [0.4, 0.5) is 4.39 Å². The van der Waals surface area contributed by atoms with E-state index >= 15 is 0 Å². The average Bonchev–Trinajstić information content (AvgIpc) is 2.33. The van der Waals surface area contributed by atoms with Gasteiger partial charge in [0.15, 0.2) is 5.78 Å². The van der Waals surface area contributed by atoms with E-state index in [9.17, 15) is 9.18 Å². The number of carbonyl (C=O) groups excluding carboxylic acids is 1. The van der Waals surface area contributed by atoms with Crippen LogP contribution in [0, 0.1) is 12.7 Å². The van der Waals surface area contributed by atoms with E-state index in [0.29, 0.717) is 16.7 Å². The predicted molar refractivity (Wildman–Crippen MR) is 73.7 cm³/mol. The summed E-state index contributed by atoms with van der Waals surface area (Å²) in [4.78, 5) is 12.3. The molecule has 92 valence electrons. The molecule has 0 aliphatic rings. The zero-order chi connectivity index (χ0) is 13.3. The van der Waals surface area contributed by atoms with Gasteiger partial charge in [-0.25, -0.2) is 4.39 Å². The molecule has 0 aromatic heterocycles. The molecule has 2 rings (SSSR count). The van der Waals surface area contributed by atoms with Gasteiger partial charge < -0.3 is 0 Å². The van der Waals surface area contributed by atoms with E-state index < -0.39 is 5.82 Å². The fourth-order valence-electron chi connectivity index (χ4n) is 1.62. The summed E-state index contributed by atoms with van der Waals surface area (Å²) in [5.74, 6) is -0.629. The van der Waals surface area contributed by atoms with Crippen molar-refractivity contribution in [2.45, 2.75) is 6.92 Å². The van der Waals surface area contributed by atoms with Crippen LogP contribution in [0.5, 0.6) is 0 Å². The molecule has 0 atom stereocenters. The first-order valence-corrected chi connectivity index (χ1v) is 6.42. The van der Waals surface area contributed by atoms with Crippen molar-refractivity contribution in [2.24, 2.45) is 0 Å². The van der Waals surface area contributed by atoms with Crippen LogP contribution in [0.2, 0.25) is 5.02 Å². The van der Waals surface area contributed by atoms with Gasteiger partial charge in [0.05, 0.1) is 5.02 Å². The first-order chi connectivity index (χ1) is 8.49. The summed E-state index contributed by atoms with van der Waals surface area (Å²) in [6.45, 7) is 1.60. The molecule has 0 bridgehead atoms. The fourth-order valence-corrected chi connectivity index (χ4v) is 2.25. The molecule has 0 unspecified atom stereocenters. The van der Waals surface area contributed by atoms with Gasteiger partial charge in [0, 0.05) is 15.6 Å². The fraction of sp³-hybridized carbons (Fsp3) is 0.0714. The quantitative estimate of drug-likeness (QED) is 0.725. The van der Waals surface area contributed by atoms with Crippen molar-refractivity contribution >= 4 is 33.3 Å². The Hall–Kier alpha value is -1.19. The highest BCUT2D eigenvalue weighted by Gasteiger charge is 2.15. The van der Waals surface area contributed by atoms with Crippen LogP contribution in [0.3, 0.4) is 0 Å². The van der Waals surface area contributed by atoms with Gasteiger partial charge in [0.1, 0.15) is 5.82 Å². The Morgan fingerprint density at radius 2 is 2.00 bits per heavy atom. The molecule has 0 aliphatic carbocycles. The number of carbonyl (C=O) groups is 1. The summed E-state index contributed by atoms with van der Waals surface area (Å²) < 4.78 is 14.1. The topological polar surface area (TPSA) is 17.1 Å². The molecular weight excluding hydrogens is 319 g/mol. The molecule has 0 fully saturated rings. The Morgan fingerprint density at radius 1 is 1.28 bits per heavy atom. The molecule has 0 N–H and O–H groups in total. The highest BCUT2D eigenvalue weighted by molar-refractivity contribution is 9.10. The normalized spacial score (nSPS) is 10.4. The van der Waals surface area contributed by atoms with Crippen LogP contribution in [0.1, 0.15) is 21.5 Å². The van der Waals surface area contributed by atoms with Gasteiger partial charge in [-0.05, 0) is 36.8 Å². The van der Waals surface area contributed by atoms with Gasteiger partial charge >= 0.3 is 0 Å². The van der Waals surface area contributed by atoms with E-state index in [1.807, 2.05) is 6.07 Å². The van der Waals surface area contributed by atoms with E-state index in [1.54, 1.807) is 25.1 Å². The maximum atomic E-state index is 13.3. The monoisotopic (exact) mass is 326 g/mol. The minimum atomic E-state index is -0.411. The Balaban J connectivity index is 2.49. The number of ketones is 1. The van der Waals surface area contributed by atoms with Gasteiger partial charge in [-0.15, -0.1) is 0 Å². The molecule has 18 heavy (non-hydrogen) atoms. The van der Waals surface area contributed by atoms with Gasteiger partial charge in [-0.3, -0.25) is 4.79 Å². The van der Waals surface area contributed by atoms with Gasteiger partial charge in [0.2, 0.25) is 0 Å². The van der Waals surface area contributed by atoms with Crippen LogP contribution in [0.25, 0.3) is 0 Å². The summed E-state index contributed by atoms with van der Waals surface area (Å²) in [5.41, 5.74) is 1.23. The number of rotatable bonds is 2. The molecule has 2 aromatic carbocycles. The lowest BCUT2D eigenvalue weighted by molar-refractivity contribution is 0.103. The van der Waals surface area contributed by atoms with Crippen molar-refractivity contribution in [3.63, 3.8) is 0 Å². The minimum Gasteiger partial charge on any atom is -0.289 e. The molecule has 0 radical (unpaired) electrons. The first kappa shape index (κ1) is 13.2. The molecule has 0 saturated carbocycles. The van der Waals surface area contributed by atoms with Gasteiger partial charge in [-0.1, -0.05) is 39.7 Å². The third kappa shape index (κ3) is 2.62. The van der Waals surface area contributed by atoms with Crippen LogP contribution < -0.4 is 0 Å². The zero-order valence-electron chi connectivity index (χ0n) is 9.51. The Morgan fingerprint density at radius 3 is 2.67 bits per heavy atom. The van der Waals surface area contributed by atoms with E-state index in [4.69, 9.17) is 11.6 Å². The third-order valence-corrected chi connectivity index (χ3v) is 3.39. The van der Waals surface area contributed by atoms with E-state index in [-0.39, 0.29) is 10.8 Å². The number of halogens is 3. The summed E-state index contributed by atoms with van der Waals surface area (Å²) in [6.07, 6.45) is 0. The predicted octanol–water partition coefficient (Wildman–Crippen LogP) is 4.78. The Kier molecular flexibility index (Phi) is 3.83. The lowest BCUT2D eigenvalue weighted by Crippen LogP contribution is -2.03. The Bertz CT molecular complexity index is 625. The molecule has 0 saturated heterocycles. The molecule has 0 amide bonds. The maximum absolute atomic E-state index is 13.3. The molecule has 4 heteroatoms. The number of hydrogen-bond acceptors (Lipinski definition) is 1. The molecular formula is C14H9BrClFO. The van der Waals surface area contributed by atoms with E-state index in [2.05, 4.69) is 15.9 Å². The van der Waals surface area contributed by atoms with Crippen molar-refractivity contribution in [2.75, 3.05) is 0 Å². The summed E-state index contributed by atoms with van der Waals surface area (Å²) >= 11 is 9.22. The second-order valence-corrected chi connectivity index (χ2v) is 5.24. The lowest BCUT2D eigenvalue weighted by atomic mass is 10.0. The third-order valence-electron chi connectivity index (χ3n) is 2.58. The summed E-state index contributed by atoms with van der Waals surface area (Å²) in [5, 5.41) is 0.128. The van der Waals surface area contributed by atoms with Crippen molar-refractivity contribution in [3.05, 3.63) is 68.4 Å². The number of hydrogen-bond donors (Lipinski definition) is 0. The van der Waals surface area contributed by atoms with Crippen molar-refractivity contribution in [1.82, 2.24) is 0 Å². The maximum Gasteiger partial charge on any atom is 0.194 e. The summed E-state index contributed by atoms with van der Waals surface area (Å²) in [7, 11) is 0. The standard InChI is InChI=1S/C14H9BrClFO/c1-8-5-11(12(16)7-13(8)17)14(18)9-3-2-4-10(15)6-9/h2-7H,1H3. The second kappa shape index (κ2) is 5.21. The van der Waals surface area contributed by atoms with Crippen LogP contribution in [-0.2, 0) is 0 Å². The van der Waals surface area contributed by atoms with Crippen LogP contribution in [-0.4, -0.2) is 5.78 Å². The highest BCUT2D eigenvalue weighted by atomic mass is 79.9. The highest BCUT2D eigenvalue weighted by Crippen LogP contribution is 2.24. The van der Waals surface area contributed by atoms with Crippen molar-refractivity contribution < 1.29 is 9.18 Å². The average molecular weight is 328 g/mol. The second-order valence-electron chi connectivity index (χ2n) is 3.92. The molecule has 0 spiro atoms.